The van der Waals surface area contributed by atoms with Crippen molar-refractivity contribution in [1.82, 2.24) is 0 Å². The molecule has 4 nitrogen and oxygen atoms in total. The molecule has 0 aliphatic heterocycles. The Morgan fingerprint density at radius 1 is 0.291 bits per heavy atom. The van der Waals surface area contributed by atoms with Crippen molar-refractivity contribution in [3.63, 3.8) is 0 Å². The van der Waals surface area contributed by atoms with Crippen LogP contribution in [-0.2, 0) is 0 Å². The van der Waals surface area contributed by atoms with Crippen molar-refractivity contribution in [3.05, 3.63) is 23.8 Å². The van der Waals surface area contributed by atoms with E-state index in [1.165, 1.54) is 256 Å². The topological polar surface area (TPSA) is 86.7 Å². The van der Waals surface area contributed by atoms with Crippen LogP contribution in [0.2, 0.25) is 0 Å². The van der Waals surface area contributed by atoms with Crippen molar-refractivity contribution in [2.24, 2.45) is 5.73 Å². The van der Waals surface area contributed by atoms with Gasteiger partial charge in [-0.15, -0.1) is 0 Å². The van der Waals surface area contributed by atoms with Gasteiger partial charge in [-0.1, -0.05) is 156 Å². The molecular weight excluding hydrogens is 694 g/mol. The summed E-state index contributed by atoms with van der Waals surface area (Å²) in [6.07, 6.45) is 59.4. The number of unbranched alkanes of at least 4 members (excludes halogenated alkanes) is 39. The van der Waals surface area contributed by atoms with E-state index in [-0.39, 0.29) is 0 Å². The summed E-state index contributed by atoms with van der Waals surface area (Å²) >= 11 is 0. The maximum atomic E-state index is 10.3. The zero-order chi connectivity index (χ0) is 40.7. The van der Waals surface area contributed by atoms with E-state index < -0.39 is 7.28 Å². The van der Waals surface area contributed by atoms with Crippen LogP contribution in [0, 0.1) is 0 Å². The van der Waals surface area contributed by atoms with Crippen molar-refractivity contribution in [3.8, 4) is 0 Å². The van der Waals surface area contributed by atoms with Crippen molar-refractivity contribution in [1.29, 1.82) is 0 Å². The molecule has 0 radical (unpaired) electrons. The average Bonchev–Trinajstić information content (AvgIpc) is 3.16. The first-order valence-electron chi connectivity index (χ1n) is 25.1. The Balaban J connectivity index is 0. The van der Waals surface area contributed by atoms with E-state index in [9.17, 15) is 14.7 Å². The van der Waals surface area contributed by atoms with E-state index in [1.807, 2.05) is 0 Å². The number of rotatable bonds is 44. The minimum atomic E-state index is -4.75. The van der Waals surface area contributed by atoms with Crippen molar-refractivity contribution < 1.29 is 14.7 Å². The molecule has 0 saturated heterocycles. The Morgan fingerprint density at radius 2 is 0.473 bits per heavy atom. The maximum absolute atomic E-state index is 10.3. The monoisotopic (exact) mass is 798 g/mol. The van der Waals surface area contributed by atoms with Crippen LogP contribution in [0.25, 0.3) is 0 Å². The van der Waals surface area contributed by atoms with E-state index in [4.69, 9.17) is 5.73 Å². The first kappa shape index (κ1) is 56.8. The second-order valence-electron chi connectivity index (χ2n) is 17.3. The summed E-state index contributed by atoms with van der Waals surface area (Å²) in [5, 5.41) is 0. The smallest absolute Gasteiger partial charge is 0.330 e. The van der Waals surface area contributed by atoms with Crippen LogP contribution in [0.4, 0.5) is 0 Å². The second-order valence-corrected chi connectivity index (χ2v) is 20.1. The van der Waals surface area contributed by atoms with Crippen LogP contribution in [0.1, 0.15) is 290 Å². The second kappa shape index (κ2) is 46.4. The summed E-state index contributed by atoms with van der Waals surface area (Å²) < 4.78 is 0. The van der Waals surface area contributed by atoms with Crippen LogP contribution in [0.5, 0.6) is 0 Å². The fraction of sp³-hybridized carbons (Fsp3) is 0.920. The van der Waals surface area contributed by atoms with E-state index in [2.05, 4.69) is 20.8 Å². The molecule has 332 valence electrons. The molecule has 55 heavy (non-hydrogen) atoms. The molecule has 5 heteroatoms. The van der Waals surface area contributed by atoms with Gasteiger partial charge in [-0.05, 0) is 13.0 Å². The molecule has 0 saturated carbocycles. The molecule has 0 aromatic carbocycles. The predicted octanol–water partition coefficient (Wildman–Crippen LogP) is 17.7. The van der Waals surface area contributed by atoms with Gasteiger partial charge in [0.2, 0.25) is 0 Å². The van der Waals surface area contributed by atoms with Gasteiger partial charge in [0.15, 0.2) is 0 Å². The van der Waals surface area contributed by atoms with Gasteiger partial charge >= 0.3 is 174 Å². The molecule has 0 bridgehead atoms. The Morgan fingerprint density at radius 3 is 0.673 bits per heavy atom. The number of hydrogen-bond acceptors (Lipinski definition) is 4. The summed E-state index contributed by atoms with van der Waals surface area (Å²) in [5.74, 6) is 2.52. The van der Waals surface area contributed by atoms with Crippen LogP contribution >= 0.6 is 7.28 Å². The Bertz CT molecular complexity index is 704. The molecule has 0 amide bonds. The van der Waals surface area contributed by atoms with Crippen molar-refractivity contribution in [2.75, 3.05) is 6.54 Å². The summed E-state index contributed by atoms with van der Waals surface area (Å²) in [6.45, 7) is 7.70. The van der Waals surface area contributed by atoms with Gasteiger partial charge in [0.05, 0.1) is 0 Å². The first-order chi connectivity index (χ1) is 26.8. The summed E-state index contributed by atoms with van der Waals surface area (Å²) in [7, 11) is -4.75. The average molecular weight is 798 g/mol. The molecule has 0 atom stereocenters. The van der Waals surface area contributed by atoms with Crippen molar-refractivity contribution >= 4 is 7.28 Å². The molecule has 0 heterocycles. The van der Waals surface area contributed by atoms with Crippen LogP contribution in [0.15, 0.2) is 23.8 Å². The molecule has 5 N–H and O–H groups in total. The quantitative estimate of drug-likeness (QED) is 0.0365. The Labute approximate surface area is 347 Å². The summed E-state index contributed by atoms with van der Waals surface area (Å²) in [4.78, 5) is 30.8. The van der Waals surface area contributed by atoms with E-state index in [0.717, 1.165) is 32.2 Å². The van der Waals surface area contributed by atoms with Crippen LogP contribution in [0.3, 0.4) is 0 Å². The Kier molecular flexibility index (Phi) is 48.0. The third-order valence-corrected chi connectivity index (χ3v) is 12.9. The third-order valence-electron chi connectivity index (χ3n) is 11.3. The van der Waals surface area contributed by atoms with Gasteiger partial charge in [0.25, 0.3) is 0 Å². The molecule has 0 rings (SSSR count). The normalized spacial score (nSPS) is 12.7. The third kappa shape index (κ3) is 53.8. The van der Waals surface area contributed by atoms with E-state index in [0.29, 0.717) is 0 Å². The van der Waals surface area contributed by atoms with Gasteiger partial charge in [-0.3, -0.25) is 0 Å². The van der Waals surface area contributed by atoms with Gasteiger partial charge in [-0.25, -0.2) is 0 Å². The fourth-order valence-electron chi connectivity index (χ4n) is 7.50. The molecule has 0 fully saturated rings. The van der Waals surface area contributed by atoms with Gasteiger partial charge in [0.1, 0.15) is 0 Å². The first-order valence-corrected chi connectivity index (χ1v) is 27.4. The molecular formula is C50H104NO3P. The minimum Gasteiger partial charge on any atom is -0.330 e. The van der Waals surface area contributed by atoms with Crippen LogP contribution in [-0.4, -0.2) is 21.2 Å². The molecule has 0 aromatic rings. The van der Waals surface area contributed by atoms with Crippen LogP contribution < -0.4 is 5.73 Å². The van der Waals surface area contributed by atoms with E-state index in [1.54, 1.807) is 12.2 Å². The molecule has 0 aliphatic rings. The van der Waals surface area contributed by atoms with Gasteiger partial charge in [-0.2, -0.15) is 0 Å². The van der Waals surface area contributed by atoms with Crippen molar-refractivity contribution in [2.45, 2.75) is 290 Å². The number of nitrogens with two attached hydrogens (primary N) is 1. The number of allylic oxidation sites excluding steroid dienone is 2. The standard InChI is InChI=1S/C36H73O3P.C14H31N/c1-3-5-7-9-11-13-15-17-19-21-23-25-27-29-31-33-35-40(37,38,39)36-34-32-30-28-26-24-22-20-18-16-14-12-10-8-6-4-2;1-2-3-4-5-6-7-8-9-10-11-12-13-14-15/h33-39H,3-32H2,1-2H3;2-15H2,1H3. The molecule has 0 aliphatic carbocycles. The Hall–Kier alpha value is -0.250. The molecule has 0 spiro atoms. The van der Waals surface area contributed by atoms with Gasteiger partial charge in [0, 0.05) is 0 Å². The summed E-state index contributed by atoms with van der Waals surface area (Å²) in [6, 6.07) is 0. The van der Waals surface area contributed by atoms with E-state index >= 15 is 0 Å². The zero-order valence-electron chi connectivity index (χ0n) is 38.1. The summed E-state index contributed by atoms with van der Waals surface area (Å²) in [5.41, 5.74) is 5.45. The number of hydrogen-bond donors (Lipinski definition) is 4. The minimum absolute atomic E-state index is 0.796. The zero-order valence-corrected chi connectivity index (χ0v) is 39.0. The fourth-order valence-corrected chi connectivity index (χ4v) is 8.71. The predicted molar refractivity (Wildman–Crippen MR) is 252 cm³/mol. The SMILES string of the molecule is CCCCCCCCCCCCCCCCC=CP(O)(O)(O)C=CCCCCCCCCCCCCCCCC.CCCCCCCCCCCCCCN. The molecule has 0 unspecified atom stereocenters. The molecule has 0 aromatic heterocycles. The van der Waals surface area contributed by atoms with Gasteiger partial charge < -0.3 is 5.73 Å².